The molecule has 0 fully saturated rings. The smallest absolute Gasteiger partial charge is 0.0867 e. The summed E-state index contributed by atoms with van der Waals surface area (Å²) in [5, 5.41) is 12.1. The Kier molecular flexibility index (Phi) is 3.50. The molecule has 1 aromatic rings. The van der Waals surface area contributed by atoms with Gasteiger partial charge in [0.2, 0.25) is 0 Å². The first kappa shape index (κ1) is 9.78. The number of aryl methyl sites for hydroxylation is 1. The lowest BCUT2D eigenvalue weighted by atomic mass is 10.0. The van der Waals surface area contributed by atoms with E-state index < -0.39 is 0 Å². The summed E-state index contributed by atoms with van der Waals surface area (Å²) in [4.78, 5) is 0. The molecule has 0 aliphatic heterocycles. The maximum Gasteiger partial charge on any atom is 0.0867 e. The second-order valence-corrected chi connectivity index (χ2v) is 3.16. The van der Waals surface area contributed by atoms with Crippen LogP contribution >= 0.6 is 0 Å². The number of nitrogens with zero attached hydrogens (tertiary/aromatic N) is 1. The number of oxime groups is 1. The molecule has 13 heavy (non-hydrogen) atoms. The highest BCUT2D eigenvalue weighted by Crippen LogP contribution is 2.08. The monoisotopic (exact) mass is 177 g/mol. The molecule has 0 atom stereocenters. The number of benzene rings is 1. The molecule has 0 spiro atoms. The lowest BCUT2D eigenvalue weighted by Crippen LogP contribution is -1.99. The molecule has 1 rings (SSSR count). The Labute approximate surface area is 78.9 Å². The van der Waals surface area contributed by atoms with Crippen molar-refractivity contribution in [2.45, 2.75) is 26.7 Å². The highest BCUT2D eigenvalue weighted by molar-refractivity contribution is 6.00. The van der Waals surface area contributed by atoms with E-state index in [0.29, 0.717) is 0 Å². The first-order chi connectivity index (χ1) is 6.27. The average molecular weight is 177 g/mol. The van der Waals surface area contributed by atoms with Crippen LogP contribution in [0, 0.1) is 6.92 Å². The fraction of sp³-hybridized carbons (Fsp3) is 0.364. The third-order valence-electron chi connectivity index (χ3n) is 1.99. The molecule has 1 N–H and O–H groups in total. The predicted molar refractivity (Wildman–Crippen MR) is 54.4 cm³/mol. The Morgan fingerprint density at radius 3 is 2.38 bits per heavy atom. The summed E-state index contributed by atoms with van der Waals surface area (Å²) < 4.78 is 0. The quantitative estimate of drug-likeness (QED) is 0.429. The van der Waals surface area contributed by atoms with Crippen LogP contribution in [0.4, 0.5) is 0 Å². The second-order valence-electron chi connectivity index (χ2n) is 3.16. The maximum atomic E-state index is 8.77. The molecular weight excluding hydrogens is 162 g/mol. The summed E-state index contributed by atoms with van der Waals surface area (Å²) in [6.45, 7) is 4.11. The van der Waals surface area contributed by atoms with Gasteiger partial charge in [0.15, 0.2) is 0 Å². The fourth-order valence-electron chi connectivity index (χ4n) is 1.23. The Bertz CT molecular complexity index is 287. The maximum absolute atomic E-state index is 8.77. The molecule has 0 saturated heterocycles. The standard InChI is InChI=1S/C11H15NO/c1-3-4-11(12-13)10-7-5-9(2)6-8-10/h5-8,13H,3-4H2,1-2H3. The Morgan fingerprint density at radius 1 is 1.31 bits per heavy atom. The molecule has 2 nitrogen and oxygen atoms in total. The van der Waals surface area contributed by atoms with Gasteiger partial charge in [0.1, 0.15) is 0 Å². The Balaban J connectivity index is 2.87. The zero-order valence-corrected chi connectivity index (χ0v) is 8.12. The van der Waals surface area contributed by atoms with E-state index in [1.165, 1.54) is 5.56 Å². The molecule has 0 bridgehead atoms. The molecule has 0 aliphatic carbocycles. The van der Waals surface area contributed by atoms with E-state index in [4.69, 9.17) is 5.21 Å². The van der Waals surface area contributed by atoms with E-state index in [-0.39, 0.29) is 0 Å². The van der Waals surface area contributed by atoms with E-state index >= 15 is 0 Å². The minimum atomic E-state index is 0.766. The largest absolute Gasteiger partial charge is 0.411 e. The normalized spacial score (nSPS) is 11.7. The topological polar surface area (TPSA) is 32.6 Å². The summed E-state index contributed by atoms with van der Waals surface area (Å²) in [5.74, 6) is 0. The number of hydrogen-bond acceptors (Lipinski definition) is 2. The van der Waals surface area contributed by atoms with Crippen LogP contribution in [0.3, 0.4) is 0 Å². The summed E-state index contributed by atoms with van der Waals surface area (Å²) in [6.07, 6.45) is 1.81. The zero-order valence-electron chi connectivity index (χ0n) is 8.12. The summed E-state index contributed by atoms with van der Waals surface area (Å²) in [7, 11) is 0. The Hall–Kier alpha value is -1.31. The van der Waals surface area contributed by atoms with Crippen molar-refractivity contribution in [3.63, 3.8) is 0 Å². The molecule has 1 aromatic carbocycles. The average Bonchev–Trinajstić information content (AvgIpc) is 2.16. The third-order valence-corrected chi connectivity index (χ3v) is 1.99. The molecule has 0 aromatic heterocycles. The molecule has 0 aliphatic rings. The highest BCUT2D eigenvalue weighted by atomic mass is 16.4. The predicted octanol–water partition coefficient (Wildman–Crippen LogP) is 2.97. The van der Waals surface area contributed by atoms with E-state index in [1.54, 1.807) is 0 Å². The van der Waals surface area contributed by atoms with E-state index in [0.717, 1.165) is 24.1 Å². The van der Waals surface area contributed by atoms with Crippen LogP contribution in [0.5, 0.6) is 0 Å². The van der Waals surface area contributed by atoms with Crippen molar-refractivity contribution in [1.82, 2.24) is 0 Å². The molecule has 0 unspecified atom stereocenters. The first-order valence-corrected chi connectivity index (χ1v) is 4.56. The van der Waals surface area contributed by atoms with Gasteiger partial charge in [-0.2, -0.15) is 0 Å². The number of hydrogen-bond donors (Lipinski definition) is 1. The van der Waals surface area contributed by atoms with E-state index in [2.05, 4.69) is 12.1 Å². The molecule has 0 saturated carbocycles. The molecule has 0 radical (unpaired) electrons. The SMILES string of the molecule is CCCC(=NO)c1ccc(C)cc1. The first-order valence-electron chi connectivity index (χ1n) is 4.56. The van der Waals surface area contributed by atoms with Gasteiger partial charge >= 0.3 is 0 Å². The summed E-state index contributed by atoms with van der Waals surface area (Å²) in [6, 6.07) is 8.02. The van der Waals surface area contributed by atoms with Crippen LogP contribution in [0.25, 0.3) is 0 Å². The Morgan fingerprint density at radius 2 is 1.92 bits per heavy atom. The van der Waals surface area contributed by atoms with Gasteiger partial charge in [-0.05, 0) is 18.9 Å². The van der Waals surface area contributed by atoms with Crippen LogP contribution in [0.2, 0.25) is 0 Å². The minimum absolute atomic E-state index is 0.766. The van der Waals surface area contributed by atoms with Gasteiger partial charge in [-0.25, -0.2) is 0 Å². The van der Waals surface area contributed by atoms with E-state index in [9.17, 15) is 0 Å². The molecular formula is C11H15NO. The van der Waals surface area contributed by atoms with Gasteiger partial charge in [0.05, 0.1) is 5.71 Å². The van der Waals surface area contributed by atoms with Gasteiger partial charge < -0.3 is 5.21 Å². The van der Waals surface area contributed by atoms with Gasteiger partial charge in [0.25, 0.3) is 0 Å². The van der Waals surface area contributed by atoms with Crippen molar-refractivity contribution in [3.8, 4) is 0 Å². The molecule has 70 valence electrons. The molecule has 0 amide bonds. The minimum Gasteiger partial charge on any atom is -0.411 e. The fourth-order valence-corrected chi connectivity index (χ4v) is 1.23. The van der Waals surface area contributed by atoms with Crippen LogP contribution in [-0.2, 0) is 0 Å². The van der Waals surface area contributed by atoms with Gasteiger partial charge in [-0.3, -0.25) is 0 Å². The van der Waals surface area contributed by atoms with Crippen LogP contribution in [-0.4, -0.2) is 10.9 Å². The van der Waals surface area contributed by atoms with E-state index in [1.807, 2.05) is 31.2 Å². The van der Waals surface area contributed by atoms with Gasteiger partial charge in [-0.1, -0.05) is 48.3 Å². The highest BCUT2D eigenvalue weighted by Gasteiger charge is 2.01. The summed E-state index contributed by atoms with van der Waals surface area (Å²) in [5.41, 5.74) is 3.00. The van der Waals surface area contributed by atoms with Crippen molar-refractivity contribution in [2.24, 2.45) is 5.16 Å². The van der Waals surface area contributed by atoms with Crippen molar-refractivity contribution in [1.29, 1.82) is 0 Å². The van der Waals surface area contributed by atoms with Gasteiger partial charge in [0, 0.05) is 0 Å². The third kappa shape index (κ3) is 2.58. The number of rotatable bonds is 3. The zero-order chi connectivity index (χ0) is 9.68. The van der Waals surface area contributed by atoms with Gasteiger partial charge in [-0.15, -0.1) is 0 Å². The van der Waals surface area contributed by atoms with Crippen molar-refractivity contribution >= 4 is 5.71 Å². The van der Waals surface area contributed by atoms with Crippen molar-refractivity contribution < 1.29 is 5.21 Å². The second kappa shape index (κ2) is 4.65. The van der Waals surface area contributed by atoms with Crippen LogP contribution in [0.15, 0.2) is 29.4 Å². The molecule has 2 heteroatoms. The lowest BCUT2D eigenvalue weighted by molar-refractivity contribution is 0.318. The van der Waals surface area contributed by atoms with Crippen LogP contribution < -0.4 is 0 Å². The summed E-state index contributed by atoms with van der Waals surface area (Å²) >= 11 is 0. The van der Waals surface area contributed by atoms with Crippen molar-refractivity contribution in [2.75, 3.05) is 0 Å². The van der Waals surface area contributed by atoms with Crippen LogP contribution in [0.1, 0.15) is 30.9 Å². The van der Waals surface area contributed by atoms with Crippen molar-refractivity contribution in [3.05, 3.63) is 35.4 Å². The lowest BCUT2D eigenvalue weighted by Gasteiger charge is -2.02. The molecule has 0 heterocycles.